The number of carbonyl (C=O) groups is 1. The number of benzene rings is 3. The van der Waals surface area contributed by atoms with Crippen molar-refractivity contribution in [1.82, 2.24) is 15.2 Å². The summed E-state index contributed by atoms with van der Waals surface area (Å²) in [6.07, 6.45) is 2.57. The number of pyridine rings is 1. The lowest BCUT2D eigenvalue weighted by molar-refractivity contribution is 0.0357. The van der Waals surface area contributed by atoms with Gasteiger partial charge in [-0.15, -0.1) is 0 Å². The second-order valence-corrected chi connectivity index (χ2v) is 11.0. The highest BCUT2D eigenvalue weighted by Crippen LogP contribution is 2.48. The van der Waals surface area contributed by atoms with Crippen molar-refractivity contribution < 1.29 is 32.9 Å². The zero-order valence-corrected chi connectivity index (χ0v) is 25.4. The number of aryl methyl sites for hydroxylation is 1. The molecular formula is C34H37FN4O6. The molecule has 2 aliphatic heterocycles. The number of rotatable bonds is 10. The molecule has 10 nitrogen and oxygen atoms in total. The summed E-state index contributed by atoms with van der Waals surface area (Å²) >= 11 is 0. The van der Waals surface area contributed by atoms with Crippen LogP contribution in [-0.4, -0.2) is 68.6 Å². The van der Waals surface area contributed by atoms with E-state index in [1.54, 1.807) is 36.5 Å². The molecule has 3 heterocycles. The van der Waals surface area contributed by atoms with Crippen molar-refractivity contribution >= 4 is 22.6 Å². The maximum absolute atomic E-state index is 13.2. The molecule has 0 aliphatic carbocycles. The van der Waals surface area contributed by atoms with E-state index in [9.17, 15) is 9.18 Å². The largest absolute Gasteiger partial charge is 0.489 e. The number of amides is 2. The molecule has 6 rings (SSSR count). The molecular weight excluding hydrogens is 579 g/mol. The Morgan fingerprint density at radius 1 is 0.978 bits per heavy atom. The molecule has 11 heteroatoms. The van der Waals surface area contributed by atoms with Crippen molar-refractivity contribution in [2.24, 2.45) is 0 Å². The van der Waals surface area contributed by atoms with Crippen molar-refractivity contribution in [1.29, 1.82) is 0 Å². The number of nitrogens with zero attached hydrogens (tertiary/aromatic N) is 2. The monoisotopic (exact) mass is 616 g/mol. The molecule has 0 saturated carbocycles. The number of morpholine rings is 1. The number of anilines is 1. The van der Waals surface area contributed by atoms with E-state index in [4.69, 9.17) is 23.7 Å². The zero-order valence-electron chi connectivity index (χ0n) is 25.4. The number of nitrogens with one attached hydrogen (secondary N) is 2. The lowest BCUT2D eigenvalue weighted by Gasteiger charge is -2.26. The molecule has 2 N–H and O–H groups in total. The summed E-state index contributed by atoms with van der Waals surface area (Å²) in [6, 6.07) is 14.4. The second kappa shape index (κ2) is 14.0. The minimum atomic E-state index is -0.372. The fourth-order valence-electron chi connectivity index (χ4n) is 5.42. The normalized spacial score (nSPS) is 15.4. The van der Waals surface area contributed by atoms with E-state index in [-0.39, 0.29) is 17.9 Å². The van der Waals surface area contributed by atoms with Gasteiger partial charge in [-0.25, -0.2) is 9.18 Å². The Labute approximate surface area is 261 Å². The quantitative estimate of drug-likeness (QED) is 0.202. The van der Waals surface area contributed by atoms with Crippen LogP contribution in [0.25, 0.3) is 10.9 Å². The number of hydrogen-bond donors (Lipinski definition) is 2. The van der Waals surface area contributed by atoms with E-state index >= 15 is 0 Å². The highest BCUT2D eigenvalue weighted by molar-refractivity contribution is 5.95. The van der Waals surface area contributed by atoms with Crippen LogP contribution in [0.4, 0.5) is 14.9 Å². The van der Waals surface area contributed by atoms with Crippen LogP contribution >= 0.6 is 0 Å². The Hall–Kier alpha value is -4.61. The van der Waals surface area contributed by atoms with E-state index in [2.05, 4.69) is 20.5 Å². The molecule has 4 aromatic rings. The molecule has 2 aliphatic rings. The summed E-state index contributed by atoms with van der Waals surface area (Å²) < 4.78 is 43.4. The van der Waals surface area contributed by atoms with Crippen molar-refractivity contribution in [3.8, 4) is 28.7 Å². The Morgan fingerprint density at radius 3 is 2.53 bits per heavy atom. The minimum absolute atomic E-state index is 0.299. The fraction of sp³-hybridized carbons (Fsp3) is 0.353. The molecule has 3 aromatic carbocycles. The second-order valence-electron chi connectivity index (χ2n) is 11.0. The van der Waals surface area contributed by atoms with E-state index in [0.29, 0.717) is 65.2 Å². The van der Waals surface area contributed by atoms with E-state index in [1.165, 1.54) is 12.1 Å². The van der Waals surface area contributed by atoms with Crippen LogP contribution in [0, 0.1) is 12.7 Å². The summed E-state index contributed by atoms with van der Waals surface area (Å²) in [5.74, 6) is 2.56. The Bertz CT molecular complexity index is 1640. The molecule has 1 aromatic heterocycles. The fourth-order valence-corrected chi connectivity index (χ4v) is 5.42. The molecule has 236 valence electrons. The van der Waals surface area contributed by atoms with Gasteiger partial charge in [-0.1, -0.05) is 12.1 Å². The number of halogens is 1. The molecule has 1 fully saturated rings. The van der Waals surface area contributed by atoms with E-state index < -0.39 is 0 Å². The van der Waals surface area contributed by atoms with Gasteiger partial charge in [0.1, 0.15) is 30.5 Å². The van der Waals surface area contributed by atoms with Crippen LogP contribution in [0.2, 0.25) is 0 Å². The predicted molar refractivity (Wildman–Crippen MR) is 168 cm³/mol. The zero-order chi connectivity index (χ0) is 31.2. The molecule has 2 amide bonds. The first-order valence-electron chi connectivity index (χ1n) is 15.2. The molecule has 0 unspecified atom stereocenters. The predicted octanol–water partition coefficient (Wildman–Crippen LogP) is 6.23. The van der Waals surface area contributed by atoms with Gasteiger partial charge in [0.25, 0.3) is 0 Å². The third-order valence-electron chi connectivity index (χ3n) is 7.79. The lowest BCUT2D eigenvalue weighted by atomic mass is 10.1. The van der Waals surface area contributed by atoms with Crippen LogP contribution < -0.4 is 29.6 Å². The van der Waals surface area contributed by atoms with Gasteiger partial charge < -0.3 is 34.3 Å². The third-order valence-corrected chi connectivity index (χ3v) is 7.79. The minimum Gasteiger partial charge on any atom is -0.489 e. The van der Waals surface area contributed by atoms with E-state index in [1.807, 2.05) is 26.0 Å². The topological polar surface area (TPSA) is 103 Å². The van der Waals surface area contributed by atoms with Crippen LogP contribution in [0.15, 0.2) is 60.8 Å². The summed E-state index contributed by atoms with van der Waals surface area (Å²) in [6.45, 7) is 9.49. The highest BCUT2D eigenvalue weighted by Gasteiger charge is 2.25. The van der Waals surface area contributed by atoms with Gasteiger partial charge in [0.2, 0.25) is 5.75 Å². The summed E-state index contributed by atoms with van der Waals surface area (Å²) in [4.78, 5) is 19.6. The number of fused-ring (bicyclic) bond motifs is 3. The average Bonchev–Trinajstić information content (AvgIpc) is 3.05. The van der Waals surface area contributed by atoms with Crippen LogP contribution in [0.1, 0.15) is 30.5 Å². The smallest absolute Gasteiger partial charge is 0.319 e. The van der Waals surface area contributed by atoms with Gasteiger partial charge >= 0.3 is 6.03 Å². The molecule has 0 spiro atoms. The van der Waals surface area contributed by atoms with Crippen molar-refractivity contribution in [2.75, 3.05) is 58.0 Å². The van der Waals surface area contributed by atoms with Crippen molar-refractivity contribution in [3.63, 3.8) is 0 Å². The molecule has 0 radical (unpaired) electrons. The standard InChI is InChI=1S/C34H37FN4O6/c1-22-20-26(38-34(40)37-23(2)24-4-6-25(35)7-5-24)8-9-28(22)45-29-10-11-36-27-21-30(32-33(31(27)29)44-19-18-43-32)42-15-3-12-39-13-16-41-17-14-39/h4-11,20-21,23H,3,12-19H2,1-2H3,(H2,37,38,40)/t23-/m1/s1. The molecule has 45 heavy (non-hydrogen) atoms. The number of carbonyl (C=O) groups excluding carboxylic acids is 1. The van der Waals surface area contributed by atoms with Crippen molar-refractivity contribution in [2.45, 2.75) is 26.3 Å². The van der Waals surface area contributed by atoms with Gasteiger partial charge in [-0.2, -0.15) is 0 Å². The summed E-state index contributed by atoms with van der Waals surface area (Å²) in [7, 11) is 0. The SMILES string of the molecule is Cc1cc(NC(=O)N[C@H](C)c2ccc(F)cc2)ccc1Oc1ccnc2cc(OCCCN3CCOCC3)c3c(c12)OCCO3. The average molecular weight is 617 g/mol. The van der Waals surface area contributed by atoms with Crippen LogP contribution in [0.5, 0.6) is 28.7 Å². The molecule has 1 saturated heterocycles. The van der Waals surface area contributed by atoms with Gasteiger partial charge in [0.05, 0.1) is 36.8 Å². The maximum atomic E-state index is 13.2. The van der Waals surface area contributed by atoms with Crippen LogP contribution in [-0.2, 0) is 4.74 Å². The number of aromatic nitrogens is 1. The lowest BCUT2D eigenvalue weighted by Crippen LogP contribution is -2.37. The van der Waals surface area contributed by atoms with Crippen LogP contribution in [0.3, 0.4) is 0 Å². The third kappa shape index (κ3) is 7.38. The van der Waals surface area contributed by atoms with Crippen molar-refractivity contribution in [3.05, 3.63) is 77.7 Å². The van der Waals surface area contributed by atoms with Gasteiger partial charge in [-0.3, -0.25) is 9.88 Å². The first kappa shape index (κ1) is 30.4. The highest BCUT2D eigenvalue weighted by atomic mass is 19.1. The number of urea groups is 1. The Morgan fingerprint density at radius 2 is 1.76 bits per heavy atom. The Kier molecular flexibility index (Phi) is 9.46. The first-order valence-corrected chi connectivity index (χ1v) is 15.2. The number of ether oxygens (including phenoxy) is 5. The molecule has 0 bridgehead atoms. The van der Waals surface area contributed by atoms with Gasteiger partial charge in [-0.05, 0) is 67.8 Å². The van der Waals surface area contributed by atoms with E-state index in [0.717, 1.165) is 50.4 Å². The first-order chi connectivity index (χ1) is 21.9. The maximum Gasteiger partial charge on any atom is 0.319 e. The summed E-state index contributed by atoms with van der Waals surface area (Å²) in [5, 5.41) is 6.42. The number of hydrogen-bond acceptors (Lipinski definition) is 8. The molecule has 1 atom stereocenters. The Balaban J connectivity index is 1.14. The van der Waals surface area contributed by atoms with Gasteiger partial charge in [0, 0.05) is 37.6 Å². The van der Waals surface area contributed by atoms with Gasteiger partial charge in [0.15, 0.2) is 11.5 Å². The summed E-state index contributed by atoms with van der Waals surface area (Å²) in [5.41, 5.74) is 2.89.